The van der Waals surface area contributed by atoms with Gasteiger partial charge in [-0.1, -0.05) is 78.7 Å². The lowest BCUT2D eigenvalue weighted by Gasteiger charge is -2.31. The van der Waals surface area contributed by atoms with Gasteiger partial charge in [-0.25, -0.2) is 4.79 Å². The lowest BCUT2D eigenvalue weighted by Crippen LogP contribution is -2.54. The first kappa shape index (κ1) is 42.0. The number of hydrogen-bond donors (Lipinski definition) is 3. The molecular weight excluding hydrogens is 697 g/mol. The molecule has 12 heteroatoms. The molecule has 3 N–H and O–H groups in total. The molecular formula is C43H52N6O6. The lowest BCUT2D eigenvalue weighted by molar-refractivity contribution is -0.160. The molecule has 0 aliphatic carbocycles. The average Bonchev–Trinajstić information content (AvgIpc) is 3.16. The number of carbonyl (C=O) groups excluding carboxylic acids is 3. The van der Waals surface area contributed by atoms with E-state index in [1.807, 2.05) is 120 Å². The highest BCUT2D eigenvalue weighted by Crippen LogP contribution is 2.21. The van der Waals surface area contributed by atoms with Crippen LogP contribution in [0.3, 0.4) is 0 Å². The molecule has 1 unspecified atom stereocenters. The second-order valence-electron chi connectivity index (χ2n) is 13.6. The molecule has 55 heavy (non-hydrogen) atoms. The fourth-order valence-corrected chi connectivity index (χ4v) is 5.64. The fourth-order valence-electron chi connectivity index (χ4n) is 5.64. The van der Waals surface area contributed by atoms with E-state index >= 15 is 0 Å². The van der Waals surface area contributed by atoms with Crippen molar-refractivity contribution >= 4 is 34.8 Å². The zero-order chi connectivity index (χ0) is 39.6. The van der Waals surface area contributed by atoms with E-state index in [0.717, 1.165) is 27.6 Å². The lowest BCUT2D eigenvalue weighted by atomic mass is 10.1. The van der Waals surface area contributed by atoms with Crippen molar-refractivity contribution in [2.24, 2.45) is 0 Å². The van der Waals surface area contributed by atoms with Crippen LogP contribution in [0.2, 0.25) is 0 Å². The summed E-state index contributed by atoms with van der Waals surface area (Å²) >= 11 is 0. The van der Waals surface area contributed by atoms with E-state index in [-0.39, 0.29) is 38.3 Å². The van der Waals surface area contributed by atoms with Crippen LogP contribution in [-0.4, -0.2) is 83.5 Å². The number of benzene rings is 3. The Morgan fingerprint density at radius 1 is 0.927 bits per heavy atom. The summed E-state index contributed by atoms with van der Waals surface area (Å²) in [7, 11) is 0. The third kappa shape index (κ3) is 14.2. The Hall–Kier alpha value is -5.74. The summed E-state index contributed by atoms with van der Waals surface area (Å²) in [5.74, 6) is 2.22. The first-order valence-electron chi connectivity index (χ1n) is 18.4. The number of aromatic nitrogens is 1. The Bertz CT molecular complexity index is 1890. The Labute approximate surface area is 324 Å². The number of urea groups is 1. The number of hydrogen-bond acceptors (Lipinski definition) is 8. The number of nitrogens with zero attached hydrogens (tertiary/aromatic N) is 3. The van der Waals surface area contributed by atoms with Gasteiger partial charge in [0, 0.05) is 37.9 Å². The molecule has 0 aliphatic rings. The van der Waals surface area contributed by atoms with Gasteiger partial charge in [-0.2, -0.15) is 5.01 Å². The fraction of sp³-hybridized carbons (Fsp3) is 0.349. The van der Waals surface area contributed by atoms with Gasteiger partial charge in [-0.15, -0.1) is 6.42 Å². The molecule has 0 saturated carbocycles. The number of amides is 4. The maximum absolute atomic E-state index is 14.7. The van der Waals surface area contributed by atoms with Gasteiger partial charge >= 0.3 is 6.03 Å². The Morgan fingerprint density at radius 2 is 1.65 bits per heavy atom. The molecule has 0 radical (unpaired) electrons. The van der Waals surface area contributed by atoms with Crippen LogP contribution in [0.1, 0.15) is 51.3 Å². The van der Waals surface area contributed by atoms with Crippen LogP contribution in [0.4, 0.5) is 4.79 Å². The molecule has 1 heterocycles. The van der Waals surface area contributed by atoms with Crippen LogP contribution in [0.5, 0.6) is 5.75 Å². The monoisotopic (exact) mass is 748 g/mol. The van der Waals surface area contributed by atoms with Gasteiger partial charge in [0.05, 0.1) is 25.2 Å². The maximum Gasteiger partial charge on any atom is 0.329 e. The number of fused-ring (bicyclic) bond motifs is 1. The molecule has 0 aliphatic heterocycles. The van der Waals surface area contributed by atoms with E-state index < -0.39 is 30.2 Å². The van der Waals surface area contributed by atoms with E-state index in [9.17, 15) is 14.4 Å². The molecule has 12 nitrogen and oxygen atoms in total. The number of terminal acetylenes is 1. The van der Waals surface area contributed by atoms with Crippen molar-refractivity contribution in [1.29, 1.82) is 0 Å². The van der Waals surface area contributed by atoms with Crippen LogP contribution in [0.15, 0.2) is 97.2 Å². The number of hydrazine groups is 1. The first-order valence-corrected chi connectivity index (χ1v) is 18.4. The van der Waals surface area contributed by atoms with Crippen molar-refractivity contribution in [3.63, 3.8) is 0 Å². The van der Waals surface area contributed by atoms with Gasteiger partial charge in [0.2, 0.25) is 11.8 Å². The van der Waals surface area contributed by atoms with Crippen LogP contribution in [0.25, 0.3) is 17.0 Å². The van der Waals surface area contributed by atoms with Gasteiger partial charge in [0.15, 0.2) is 6.29 Å². The standard InChI is InChI=1S/C43H52N6O6/c1-7-27-49(47-42(52)45-28-33-15-11-10-12-16-33)30-39(50)46-38(25-22-32-20-23-35(24-21-32)55-43(4,5)6)41(51)48(31-40(53-8-2)54-9-3)29-34-17-13-19-37-36(34)18-14-26-44-37/h1,10-26,38,40H,8-9,27-31H2,2-6H3,(H,46,50)(H2,45,47,52)/b25-22+. The second kappa shape index (κ2) is 21.2. The van der Waals surface area contributed by atoms with Crippen LogP contribution >= 0.6 is 0 Å². The number of rotatable bonds is 19. The number of nitrogens with one attached hydrogen (secondary N) is 3. The van der Waals surface area contributed by atoms with Crippen molar-refractivity contribution in [2.75, 3.05) is 32.8 Å². The summed E-state index contributed by atoms with van der Waals surface area (Å²) < 4.78 is 17.7. The van der Waals surface area contributed by atoms with Crippen molar-refractivity contribution in [3.8, 4) is 18.1 Å². The predicted molar refractivity (Wildman–Crippen MR) is 214 cm³/mol. The van der Waals surface area contributed by atoms with E-state index in [2.05, 4.69) is 27.0 Å². The van der Waals surface area contributed by atoms with Gasteiger partial charge < -0.3 is 29.7 Å². The molecule has 290 valence electrons. The third-order valence-corrected chi connectivity index (χ3v) is 8.02. The van der Waals surface area contributed by atoms with Crippen LogP contribution in [0, 0.1) is 12.3 Å². The summed E-state index contributed by atoms with van der Waals surface area (Å²) in [4.78, 5) is 47.3. The minimum atomic E-state index is -1.13. The smallest absolute Gasteiger partial charge is 0.329 e. The van der Waals surface area contributed by atoms with E-state index in [0.29, 0.717) is 19.0 Å². The van der Waals surface area contributed by atoms with Crippen molar-refractivity contribution < 1.29 is 28.6 Å². The van der Waals surface area contributed by atoms with Gasteiger partial charge in [-0.3, -0.25) is 20.0 Å². The van der Waals surface area contributed by atoms with Crippen molar-refractivity contribution in [2.45, 2.75) is 65.6 Å². The van der Waals surface area contributed by atoms with Crippen LogP contribution < -0.4 is 20.8 Å². The van der Waals surface area contributed by atoms with E-state index in [4.69, 9.17) is 20.6 Å². The molecule has 4 amide bonds. The Kier molecular flexibility index (Phi) is 16.2. The molecule has 0 fully saturated rings. The molecule has 0 saturated heterocycles. The first-order chi connectivity index (χ1) is 26.5. The van der Waals surface area contributed by atoms with Gasteiger partial charge in [-0.05, 0) is 75.6 Å². The summed E-state index contributed by atoms with van der Waals surface area (Å²) in [6.45, 7) is 10.5. The zero-order valence-electron chi connectivity index (χ0n) is 32.3. The van der Waals surface area contributed by atoms with Crippen molar-refractivity contribution in [1.82, 2.24) is 31.0 Å². The number of pyridine rings is 1. The zero-order valence-corrected chi connectivity index (χ0v) is 32.3. The Balaban J connectivity index is 1.61. The third-order valence-electron chi connectivity index (χ3n) is 8.02. The normalized spacial score (nSPS) is 12.0. The highest BCUT2D eigenvalue weighted by atomic mass is 16.7. The predicted octanol–water partition coefficient (Wildman–Crippen LogP) is 5.69. The van der Waals surface area contributed by atoms with Gasteiger partial charge in [0.1, 0.15) is 17.4 Å². The average molecular weight is 749 g/mol. The Morgan fingerprint density at radius 3 is 2.33 bits per heavy atom. The minimum Gasteiger partial charge on any atom is -0.488 e. The quantitative estimate of drug-likeness (QED) is 0.0634. The second-order valence-corrected chi connectivity index (χ2v) is 13.6. The van der Waals surface area contributed by atoms with E-state index in [1.165, 1.54) is 5.01 Å². The summed E-state index contributed by atoms with van der Waals surface area (Å²) in [5, 5.41) is 7.83. The molecule has 4 aromatic rings. The molecule has 1 atom stereocenters. The molecule has 4 rings (SSSR count). The molecule has 0 bridgehead atoms. The number of carbonyl (C=O) groups is 3. The topological polar surface area (TPSA) is 134 Å². The van der Waals surface area contributed by atoms with Crippen molar-refractivity contribution in [3.05, 3.63) is 114 Å². The largest absolute Gasteiger partial charge is 0.488 e. The summed E-state index contributed by atoms with van der Waals surface area (Å²) in [6.07, 6.45) is 10.0. The van der Waals surface area contributed by atoms with E-state index in [1.54, 1.807) is 23.2 Å². The van der Waals surface area contributed by atoms with Gasteiger partial charge in [0.25, 0.3) is 0 Å². The SMILES string of the molecule is C#CCN(CC(=O)NC(/C=C/c1ccc(OC(C)(C)C)cc1)C(=O)N(Cc1cccc2ncccc12)CC(OCC)OCC)NC(=O)NCc1ccccc1. The maximum atomic E-state index is 14.7. The molecule has 1 aromatic heterocycles. The highest BCUT2D eigenvalue weighted by Gasteiger charge is 2.28. The highest BCUT2D eigenvalue weighted by molar-refractivity contribution is 5.91. The molecule has 3 aromatic carbocycles. The summed E-state index contributed by atoms with van der Waals surface area (Å²) in [6, 6.07) is 24.7. The molecule has 0 spiro atoms. The summed E-state index contributed by atoms with van der Waals surface area (Å²) in [5.41, 5.74) is 5.62. The van der Waals surface area contributed by atoms with Crippen LogP contribution in [-0.2, 0) is 32.2 Å². The number of ether oxygens (including phenoxy) is 3. The minimum absolute atomic E-state index is 0.0603.